The molecule has 1 aliphatic heterocycles. The lowest BCUT2D eigenvalue weighted by atomic mass is 10.1. The first-order valence-electron chi connectivity index (χ1n) is 9.61. The highest BCUT2D eigenvalue weighted by atomic mass is 16.2. The van der Waals surface area contributed by atoms with Crippen molar-refractivity contribution in [3.05, 3.63) is 59.7 Å². The third kappa shape index (κ3) is 3.79. The first-order valence-corrected chi connectivity index (χ1v) is 9.61. The quantitative estimate of drug-likeness (QED) is 0.656. The summed E-state index contributed by atoms with van der Waals surface area (Å²) in [5, 5.41) is 19.5. The van der Waals surface area contributed by atoms with E-state index in [2.05, 4.69) is 43.0 Å². The van der Waals surface area contributed by atoms with Gasteiger partial charge in [-0.05, 0) is 18.4 Å². The van der Waals surface area contributed by atoms with Gasteiger partial charge in [-0.2, -0.15) is 0 Å². The molecule has 0 spiro atoms. The molecule has 144 valence electrons. The number of hydrogen-bond acceptors (Lipinski definition) is 6. The topological polar surface area (TPSA) is 93.8 Å². The summed E-state index contributed by atoms with van der Waals surface area (Å²) in [7, 11) is 0. The van der Waals surface area contributed by atoms with Crippen LogP contribution in [0.1, 0.15) is 40.6 Å². The molecule has 3 aromatic rings. The zero-order valence-corrected chi connectivity index (χ0v) is 15.5. The second-order valence-electron chi connectivity index (χ2n) is 7.57. The summed E-state index contributed by atoms with van der Waals surface area (Å²) in [6.07, 6.45) is 5.97. The molecule has 9 heteroatoms. The largest absolute Gasteiger partial charge is 0.345 e. The molecule has 9 nitrogen and oxygen atoms in total. The minimum Gasteiger partial charge on any atom is -0.345 e. The molecule has 2 fully saturated rings. The maximum Gasteiger partial charge on any atom is 0.273 e. The highest BCUT2D eigenvalue weighted by molar-refractivity contribution is 5.92. The van der Waals surface area contributed by atoms with Gasteiger partial charge >= 0.3 is 0 Å². The van der Waals surface area contributed by atoms with E-state index in [4.69, 9.17) is 0 Å². The number of carbonyl (C=O) groups excluding carboxylic acids is 1. The van der Waals surface area contributed by atoms with Gasteiger partial charge in [0.15, 0.2) is 5.69 Å². The molecule has 0 atom stereocenters. The Balaban J connectivity index is 1.08. The van der Waals surface area contributed by atoms with E-state index in [1.807, 2.05) is 29.1 Å². The van der Waals surface area contributed by atoms with E-state index in [1.165, 1.54) is 5.56 Å². The van der Waals surface area contributed by atoms with E-state index in [0.717, 1.165) is 38.2 Å². The van der Waals surface area contributed by atoms with Gasteiger partial charge < -0.3 is 5.32 Å². The maximum atomic E-state index is 12.3. The first kappa shape index (κ1) is 17.1. The van der Waals surface area contributed by atoms with E-state index in [-0.39, 0.29) is 11.9 Å². The maximum absolute atomic E-state index is 12.3. The summed E-state index contributed by atoms with van der Waals surface area (Å²) in [5.41, 5.74) is 2.53. The van der Waals surface area contributed by atoms with Crippen molar-refractivity contribution < 1.29 is 4.79 Å². The van der Waals surface area contributed by atoms with Crippen LogP contribution < -0.4 is 5.32 Å². The molecule has 2 aliphatic rings. The van der Waals surface area contributed by atoms with Crippen LogP contribution in [0.3, 0.4) is 0 Å². The smallest absolute Gasteiger partial charge is 0.273 e. The van der Waals surface area contributed by atoms with Crippen LogP contribution in [0.15, 0.2) is 42.7 Å². The third-order valence-electron chi connectivity index (χ3n) is 5.12. The molecule has 28 heavy (non-hydrogen) atoms. The Bertz CT molecular complexity index is 955. The van der Waals surface area contributed by atoms with E-state index >= 15 is 0 Å². The SMILES string of the molecule is O=C(NC1CN(Cc2cn(Cc3ccccc3)nn2)C1)c1cn(C2CC2)nn1. The van der Waals surface area contributed by atoms with Crippen molar-refractivity contribution >= 4 is 5.91 Å². The Hall–Kier alpha value is -3.07. The van der Waals surface area contributed by atoms with Crippen molar-refractivity contribution in [2.75, 3.05) is 13.1 Å². The highest BCUT2D eigenvalue weighted by Crippen LogP contribution is 2.33. The van der Waals surface area contributed by atoms with Crippen LogP contribution in [0, 0.1) is 0 Å². The molecule has 0 unspecified atom stereocenters. The summed E-state index contributed by atoms with van der Waals surface area (Å²) in [6.45, 7) is 3.05. The number of nitrogens with zero attached hydrogens (tertiary/aromatic N) is 7. The van der Waals surface area contributed by atoms with Gasteiger partial charge in [-0.15, -0.1) is 10.2 Å². The number of nitrogens with one attached hydrogen (secondary N) is 1. The summed E-state index contributed by atoms with van der Waals surface area (Å²) >= 11 is 0. The van der Waals surface area contributed by atoms with Gasteiger partial charge in [0.1, 0.15) is 0 Å². The molecule has 1 aromatic carbocycles. The van der Waals surface area contributed by atoms with Crippen molar-refractivity contribution in [3.63, 3.8) is 0 Å². The van der Waals surface area contributed by atoms with Gasteiger partial charge in [-0.3, -0.25) is 9.69 Å². The lowest BCUT2D eigenvalue weighted by Gasteiger charge is -2.38. The van der Waals surface area contributed by atoms with Crippen LogP contribution in [0.25, 0.3) is 0 Å². The zero-order valence-electron chi connectivity index (χ0n) is 15.5. The minimum atomic E-state index is -0.148. The van der Waals surface area contributed by atoms with E-state index in [0.29, 0.717) is 18.3 Å². The fourth-order valence-electron chi connectivity index (χ4n) is 3.44. The van der Waals surface area contributed by atoms with Gasteiger partial charge in [0, 0.05) is 19.6 Å². The van der Waals surface area contributed by atoms with E-state index in [1.54, 1.807) is 10.9 Å². The summed E-state index contributed by atoms with van der Waals surface area (Å²) in [4.78, 5) is 14.5. The number of rotatable bonds is 7. The second-order valence-corrected chi connectivity index (χ2v) is 7.57. The number of aromatic nitrogens is 6. The standard InChI is InChI=1S/C19H22N8O/c28-19(18-13-27(24-22-18)17-6-7-17)20-15-9-25(10-15)11-16-12-26(23-21-16)8-14-4-2-1-3-5-14/h1-5,12-13,15,17H,6-11H2,(H,20,28). The lowest BCUT2D eigenvalue weighted by Crippen LogP contribution is -2.58. The zero-order chi connectivity index (χ0) is 18.9. The summed E-state index contributed by atoms with van der Waals surface area (Å²) in [6, 6.07) is 10.8. The molecular formula is C19H22N8O. The fourth-order valence-corrected chi connectivity index (χ4v) is 3.44. The predicted octanol–water partition coefficient (Wildman–Crippen LogP) is 0.867. The highest BCUT2D eigenvalue weighted by Gasteiger charge is 2.30. The van der Waals surface area contributed by atoms with Crippen molar-refractivity contribution in [3.8, 4) is 0 Å². The second kappa shape index (κ2) is 7.16. The number of hydrogen-bond donors (Lipinski definition) is 1. The van der Waals surface area contributed by atoms with Gasteiger partial charge in [-0.1, -0.05) is 40.8 Å². The van der Waals surface area contributed by atoms with Crippen LogP contribution in [-0.4, -0.2) is 59.9 Å². The van der Waals surface area contributed by atoms with Crippen LogP contribution in [0.4, 0.5) is 0 Å². The molecular weight excluding hydrogens is 356 g/mol. The number of carbonyl (C=O) groups is 1. The van der Waals surface area contributed by atoms with Crippen molar-refractivity contribution in [2.45, 2.75) is 38.0 Å². The van der Waals surface area contributed by atoms with Crippen molar-refractivity contribution in [2.24, 2.45) is 0 Å². The van der Waals surface area contributed by atoms with Gasteiger partial charge in [0.25, 0.3) is 5.91 Å². The monoisotopic (exact) mass is 378 g/mol. The average molecular weight is 378 g/mol. The number of benzene rings is 1. The Morgan fingerprint density at radius 2 is 1.86 bits per heavy atom. The van der Waals surface area contributed by atoms with E-state index < -0.39 is 0 Å². The van der Waals surface area contributed by atoms with Crippen molar-refractivity contribution in [1.29, 1.82) is 0 Å². The number of amides is 1. The van der Waals surface area contributed by atoms with Crippen LogP contribution >= 0.6 is 0 Å². The Morgan fingerprint density at radius 3 is 2.64 bits per heavy atom. The molecule has 2 aromatic heterocycles. The molecule has 5 rings (SSSR count). The van der Waals surface area contributed by atoms with E-state index in [9.17, 15) is 4.79 Å². The molecule has 3 heterocycles. The summed E-state index contributed by atoms with van der Waals surface area (Å²) < 4.78 is 3.65. The van der Waals surface area contributed by atoms with Gasteiger partial charge in [0.2, 0.25) is 0 Å². The molecule has 1 saturated heterocycles. The normalized spacial score (nSPS) is 17.4. The summed E-state index contributed by atoms with van der Waals surface area (Å²) in [5.74, 6) is -0.148. The Morgan fingerprint density at radius 1 is 1.04 bits per heavy atom. The molecule has 1 saturated carbocycles. The molecule has 1 aliphatic carbocycles. The Kier molecular flexibility index (Phi) is 4.36. The first-order chi connectivity index (χ1) is 13.7. The lowest BCUT2D eigenvalue weighted by molar-refractivity contribution is 0.0787. The van der Waals surface area contributed by atoms with Crippen LogP contribution in [0.5, 0.6) is 0 Å². The third-order valence-corrected chi connectivity index (χ3v) is 5.12. The molecule has 0 radical (unpaired) electrons. The van der Waals surface area contributed by atoms with Gasteiger partial charge in [0.05, 0.1) is 36.7 Å². The van der Waals surface area contributed by atoms with Crippen molar-refractivity contribution in [1.82, 2.24) is 40.2 Å². The molecule has 0 bridgehead atoms. The Labute approximate surface area is 162 Å². The average Bonchev–Trinajstić information content (AvgIpc) is 3.23. The minimum absolute atomic E-state index is 0.137. The molecule has 1 N–H and O–H groups in total. The van der Waals surface area contributed by atoms with Crippen LogP contribution in [0.2, 0.25) is 0 Å². The molecule has 1 amide bonds. The van der Waals surface area contributed by atoms with Gasteiger partial charge in [-0.25, -0.2) is 9.36 Å². The fraction of sp³-hybridized carbons (Fsp3) is 0.421. The number of likely N-dealkylation sites (tertiary alicyclic amines) is 1. The predicted molar refractivity (Wildman–Crippen MR) is 100 cm³/mol. The van der Waals surface area contributed by atoms with Crippen LogP contribution in [-0.2, 0) is 13.1 Å².